The van der Waals surface area contributed by atoms with Gasteiger partial charge in [-0.2, -0.15) is 0 Å². The summed E-state index contributed by atoms with van der Waals surface area (Å²) in [4.78, 5) is 8.11. The SMILES string of the molecule is COc1cccc(O)c1/C=C/CN1CCc2nc(N)sc2CC1. The number of methoxy groups -OCH3 is 1. The second-order valence-electron chi connectivity index (χ2n) is 5.52. The smallest absolute Gasteiger partial charge is 0.180 e. The average Bonchev–Trinajstić information content (AvgIpc) is 2.80. The summed E-state index contributed by atoms with van der Waals surface area (Å²) in [5.41, 5.74) is 7.65. The van der Waals surface area contributed by atoms with Gasteiger partial charge in [-0.25, -0.2) is 4.98 Å². The molecule has 6 heteroatoms. The number of aromatic hydroxyl groups is 1. The highest BCUT2D eigenvalue weighted by molar-refractivity contribution is 7.15. The van der Waals surface area contributed by atoms with Crippen LogP contribution in [-0.2, 0) is 12.8 Å². The lowest BCUT2D eigenvalue weighted by Crippen LogP contribution is -2.26. The molecule has 122 valence electrons. The van der Waals surface area contributed by atoms with Gasteiger partial charge >= 0.3 is 0 Å². The molecule has 23 heavy (non-hydrogen) atoms. The van der Waals surface area contributed by atoms with E-state index < -0.39 is 0 Å². The Hall–Kier alpha value is -2.05. The Kier molecular flexibility index (Phi) is 4.83. The van der Waals surface area contributed by atoms with E-state index in [9.17, 15) is 5.11 Å². The summed E-state index contributed by atoms with van der Waals surface area (Å²) in [7, 11) is 1.61. The highest BCUT2D eigenvalue weighted by Gasteiger charge is 2.16. The second-order valence-corrected chi connectivity index (χ2v) is 6.63. The number of phenols is 1. The zero-order chi connectivity index (χ0) is 16.2. The fourth-order valence-corrected chi connectivity index (χ4v) is 3.68. The number of phenolic OH excluding ortho intramolecular Hbond substituents is 1. The molecule has 0 amide bonds. The van der Waals surface area contributed by atoms with E-state index in [1.165, 1.54) is 4.88 Å². The van der Waals surface area contributed by atoms with Gasteiger partial charge in [0.15, 0.2) is 5.13 Å². The van der Waals surface area contributed by atoms with E-state index in [0.717, 1.165) is 43.7 Å². The molecule has 0 aliphatic carbocycles. The number of ether oxygens (including phenoxy) is 1. The maximum absolute atomic E-state index is 9.96. The first kappa shape index (κ1) is 15.8. The largest absolute Gasteiger partial charge is 0.507 e. The average molecular weight is 331 g/mol. The third-order valence-electron chi connectivity index (χ3n) is 4.03. The standard InChI is InChI=1S/C17H21N3O2S/c1-22-15-6-2-5-14(21)12(15)4-3-9-20-10-7-13-16(8-11-20)23-17(18)19-13/h2-6,21H,7-11H2,1H3,(H2,18,19)/b4-3+. The van der Waals surface area contributed by atoms with Crippen LogP contribution in [0.25, 0.3) is 6.08 Å². The minimum absolute atomic E-state index is 0.235. The van der Waals surface area contributed by atoms with E-state index in [-0.39, 0.29) is 5.75 Å². The van der Waals surface area contributed by atoms with Crippen LogP contribution in [0.2, 0.25) is 0 Å². The van der Waals surface area contributed by atoms with Gasteiger partial charge in [0.2, 0.25) is 0 Å². The summed E-state index contributed by atoms with van der Waals surface area (Å²) in [5, 5.41) is 10.6. The van der Waals surface area contributed by atoms with Gasteiger partial charge in [0.25, 0.3) is 0 Å². The molecule has 0 spiro atoms. The minimum Gasteiger partial charge on any atom is -0.507 e. The summed E-state index contributed by atoms with van der Waals surface area (Å²) in [6, 6.07) is 5.29. The minimum atomic E-state index is 0.235. The number of thiazole rings is 1. The Bertz CT molecular complexity index is 686. The van der Waals surface area contributed by atoms with E-state index in [4.69, 9.17) is 10.5 Å². The van der Waals surface area contributed by atoms with Crippen LogP contribution >= 0.6 is 11.3 Å². The number of rotatable bonds is 4. The molecule has 1 aromatic heterocycles. The van der Waals surface area contributed by atoms with Crippen molar-refractivity contribution >= 4 is 22.5 Å². The lowest BCUT2D eigenvalue weighted by Gasteiger charge is -2.17. The van der Waals surface area contributed by atoms with Crippen molar-refractivity contribution in [3.05, 3.63) is 40.4 Å². The Labute approximate surface area is 140 Å². The molecular weight excluding hydrogens is 310 g/mol. The van der Waals surface area contributed by atoms with Gasteiger partial charge in [0, 0.05) is 30.9 Å². The van der Waals surface area contributed by atoms with E-state index in [1.54, 1.807) is 30.6 Å². The molecule has 0 unspecified atom stereocenters. The van der Waals surface area contributed by atoms with Crippen molar-refractivity contribution < 1.29 is 9.84 Å². The van der Waals surface area contributed by atoms with Gasteiger partial charge < -0.3 is 15.6 Å². The van der Waals surface area contributed by atoms with Crippen LogP contribution in [0.3, 0.4) is 0 Å². The highest BCUT2D eigenvalue weighted by atomic mass is 32.1. The topological polar surface area (TPSA) is 71.6 Å². The Morgan fingerprint density at radius 3 is 3.04 bits per heavy atom. The molecule has 0 bridgehead atoms. The molecule has 0 radical (unpaired) electrons. The molecule has 1 aromatic carbocycles. The number of nitrogen functional groups attached to an aromatic ring is 1. The van der Waals surface area contributed by atoms with Crippen LogP contribution < -0.4 is 10.5 Å². The van der Waals surface area contributed by atoms with Crippen molar-refractivity contribution in [2.75, 3.05) is 32.5 Å². The van der Waals surface area contributed by atoms with Crippen molar-refractivity contribution in [3.63, 3.8) is 0 Å². The van der Waals surface area contributed by atoms with E-state index >= 15 is 0 Å². The third kappa shape index (κ3) is 3.65. The van der Waals surface area contributed by atoms with Gasteiger partial charge in [-0.05, 0) is 18.6 Å². The van der Waals surface area contributed by atoms with Gasteiger partial charge in [-0.1, -0.05) is 18.2 Å². The van der Waals surface area contributed by atoms with Gasteiger partial charge in [0.05, 0.1) is 18.4 Å². The van der Waals surface area contributed by atoms with Crippen LogP contribution in [0.15, 0.2) is 24.3 Å². The fraction of sp³-hybridized carbons (Fsp3) is 0.353. The molecule has 3 N–H and O–H groups in total. The number of nitrogens with two attached hydrogens (primary N) is 1. The summed E-state index contributed by atoms with van der Waals surface area (Å²) < 4.78 is 5.29. The van der Waals surface area contributed by atoms with Crippen molar-refractivity contribution in [1.29, 1.82) is 0 Å². The molecule has 3 rings (SSSR count). The molecule has 0 saturated heterocycles. The molecule has 0 atom stereocenters. The lowest BCUT2D eigenvalue weighted by molar-refractivity contribution is 0.318. The molecule has 2 aromatic rings. The number of nitrogens with zero attached hydrogens (tertiary/aromatic N) is 2. The lowest BCUT2D eigenvalue weighted by atomic mass is 10.1. The number of hydrogen-bond acceptors (Lipinski definition) is 6. The number of fused-ring (bicyclic) bond motifs is 1. The summed E-state index contributed by atoms with van der Waals surface area (Å²) >= 11 is 1.61. The Morgan fingerprint density at radius 1 is 1.39 bits per heavy atom. The fourth-order valence-electron chi connectivity index (χ4n) is 2.81. The van der Waals surface area contributed by atoms with Crippen LogP contribution in [0.1, 0.15) is 16.1 Å². The predicted octanol–water partition coefficient (Wildman–Crippen LogP) is 2.55. The summed E-state index contributed by atoms with van der Waals surface area (Å²) in [6.07, 6.45) is 5.93. The quantitative estimate of drug-likeness (QED) is 0.901. The van der Waals surface area contributed by atoms with Crippen molar-refractivity contribution in [3.8, 4) is 11.5 Å². The van der Waals surface area contributed by atoms with Gasteiger partial charge in [-0.3, -0.25) is 4.90 Å². The Morgan fingerprint density at radius 2 is 2.22 bits per heavy atom. The zero-order valence-electron chi connectivity index (χ0n) is 13.2. The van der Waals surface area contributed by atoms with Crippen LogP contribution in [-0.4, -0.2) is 41.7 Å². The number of anilines is 1. The van der Waals surface area contributed by atoms with Crippen LogP contribution in [0.4, 0.5) is 5.13 Å². The van der Waals surface area contributed by atoms with Crippen LogP contribution in [0, 0.1) is 0 Å². The van der Waals surface area contributed by atoms with E-state index in [1.807, 2.05) is 12.1 Å². The first-order valence-corrected chi connectivity index (χ1v) is 8.48. The second kappa shape index (κ2) is 7.02. The maximum Gasteiger partial charge on any atom is 0.180 e. The first-order chi connectivity index (χ1) is 11.2. The highest BCUT2D eigenvalue weighted by Crippen LogP contribution is 2.28. The van der Waals surface area contributed by atoms with Crippen LogP contribution in [0.5, 0.6) is 11.5 Å². The first-order valence-electron chi connectivity index (χ1n) is 7.66. The number of hydrogen-bond donors (Lipinski definition) is 2. The summed E-state index contributed by atoms with van der Waals surface area (Å²) in [6.45, 7) is 2.80. The van der Waals surface area contributed by atoms with Gasteiger partial charge in [0.1, 0.15) is 11.5 Å². The number of aromatic nitrogens is 1. The van der Waals surface area contributed by atoms with E-state index in [2.05, 4.69) is 16.0 Å². The molecule has 1 aliphatic rings. The monoisotopic (exact) mass is 331 g/mol. The summed E-state index contributed by atoms with van der Waals surface area (Å²) in [5.74, 6) is 0.914. The van der Waals surface area contributed by atoms with Crippen molar-refractivity contribution in [2.24, 2.45) is 0 Å². The number of benzene rings is 1. The molecule has 2 heterocycles. The zero-order valence-corrected chi connectivity index (χ0v) is 14.0. The van der Waals surface area contributed by atoms with Crippen molar-refractivity contribution in [1.82, 2.24) is 9.88 Å². The third-order valence-corrected chi connectivity index (χ3v) is 5.01. The van der Waals surface area contributed by atoms with E-state index in [0.29, 0.717) is 10.9 Å². The Balaban J connectivity index is 1.62. The normalized spacial score (nSPS) is 15.5. The van der Waals surface area contributed by atoms with Crippen molar-refractivity contribution in [2.45, 2.75) is 12.8 Å². The molecular formula is C17H21N3O2S. The molecule has 5 nitrogen and oxygen atoms in total. The molecule has 0 fully saturated rings. The van der Waals surface area contributed by atoms with Gasteiger partial charge in [-0.15, -0.1) is 11.3 Å². The maximum atomic E-state index is 9.96. The predicted molar refractivity (Wildman–Crippen MR) is 94.1 cm³/mol. The molecule has 1 aliphatic heterocycles. The molecule has 0 saturated carbocycles.